The van der Waals surface area contributed by atoms with Gasteiger partial charge in [-0.2, -0.15) is 0 Å². The number of anilines is 1. The molecule has 1 unspecified atom stereocenters. The van der Waals surface area contributed by atoms with E-state index in [9.17, 15) is 4.79 Å². The lowest BCUT2D eigenvalue weighted by Gasteiger charge is -2.12. The van der Waals surface area contributed by atoms with E-state index in [0.29, 0.717) is 0 Å². The molecule has 0 saturated heterocycles. The highest BCUT2D eigenvalue weighted by Crippen LogP contribution is 2.08. The van der Waals surface area contributed by atoms with Crippen molar-refractivity contribution in [1.29, 1.82) is 0 Å². The molecular weight excluding hydrogens is 188 g/mol. The number of carbonyl (C=O) groups is 1. The second-order valence-electron chi connectivity index (χ2n) is 3.63. The van der Waals surface area contributed by atoms with Gasteiger partial charge in [0.1, 0.15) is 0 Å². The van der Waals surface area contributed by atoms with Crippen LogP contribution in [0.1, 0.15) is 19.4 Å². The van der Waals surface area contributed by atoms with Gasteiger partial charge in [0.25, 0.3) is 0 Å². The molecule has 0 spiro atoms. The predicted molar refractivity (Wildman–Crippen MR) is 62.9 cm³/mol. The number of carbonyl (C=O) groups excluding carboxylic acids is 1. The molecule has 0 bridgehead atoms. The third-order valence-corrected chi connectivity index (χ3v) is 2.22. The van der Waals surface area contributed by atoms with Crippen molar-refractivity contribution in [3.63, 3.8) is 0 Å². The van der Waals surface area contributed by atoms with Crippen LogP contribution in [0.5, 0.6) is 0 Å². The van der Waals surface area contributed by atoms with E-state index in [2.05, 4.69) is 10.6 Å². The molecule has 1 aromatic rings. The first kappa shape index (κ1) is 11.7. The number of rotatable bonds is 4. The van der Waals surface area contributed by atoms with Crippen molar-refractivity contribution in [3.8, 4) is 0 Å². The lowest BCUT2D eigenvalue weighted by Crippen LogP contribution is -2.37. The zero-order valence-electron chi connectivity index (χ0n) is 9.50. The summed E-state index contributed by atoms with van der Waals surface area (Å²) in [5.41, 5.74) is 2.03. The van der Waals surface area contributed by atoms with E-state index in [0.717, 1.165) is 12.2 Å². The van der Waals surface area contributed by atoms with Gasteiger partial charge >= 0.3 is 0 Å². The van der Waals surface area contributed by atoms with Crippen LogP contribution < -0.4 is 10.6 Å². The van der Waals surface area contributed by atoms with Crippen LogP contribution in [0, 0.1) is 6.92 Å². The summed E-state index contributed by atoms with van der Waals surface area (Å²) in [5.74, 6) is 0.000651. The van der Waals surface area contributed by atoms with E-state index in [1.54, 1.807) is 0 Å². The van der Waals surface area contributed by atoms with E-state index in [-0.39, 0.29) is 11.9 Å². The van der Waals surface area contributed by atoms with Crippen LogP contribution in [0.25, 0.3) is 0 Å². The van der Waals surface area contributed by atoms with Gasteiger partial charge in [0.05, 0.1) is 6.04 Å². The van der Waals surface area contributed by atoms with Crippen molar-refractivity contribution < 1.29 is 4.79 Å². The number of hydrogen-bond acceptors (Lipinski definition) is 2. The Morgan fingerprint density at radius 2 is 1.93 bits per heavy atom. The zero-order valence-corrected chi connectivity index (χ0v) is 9.50. The number of nitrogens with one attached hydrogen (secondary N) is 2. The molecule has 1 amide bonds. The smallest absolute Gasteiger partial charge is 0.241 e. The molecule has 0 aliphatic rings. The molecule has 0 heterocycles. The predicted octanol–water partition coefficient (Wildman–Crippen LogP) is 1.93. The Kier molecular flexibility index (Phi) is 4.31. The van der Waals surface area contributed by atoms with Crippen LogP contribution in [0.3, 0.4) is 0 Å². The molecule has 0 aliphatic heterocycles. The maximum Gasteiger partial charge on any atom is 0.241 e. The van der Waals surface area contributed by atoms with Crippen molar-refractivity contribution in [3.05, 3.63) is 29.8 Å². The summed E-state index contributed by atoms with van der Waals surface area (Å²) in [7, 11) is 0. The second-order valence-corrected chi connectivity index (χ2v) is 3.63. The SMILES string of the molecule is CCNC(C)C(=O)Nc1ccc(C)cc1. The Balaban J connectivity index is 2.54. The maximum absolute atomic E-state index is 11.6. The summed E-state index contributed by atoms with van der Waals surface area (Å²) in [4.78, 5) is 11.6. The summed E-state index contributed by atoms with van der Waals surface area (Å²) < 4.78 is 0. The van der Waals surface area contributed by atoms with E-state index in [1.165, 1.54) is 5.56 Å². The normalized spacial score (nSPS) is 12.2. The maximum atomic E-state index is 11.6. The third-order valence-electron chi connectivity index (χ3n) is 2.22. The molecule has 0 aliphatic carbocycles. The third kappa shape index (κ3) is 3.72. The number of likely N-dealkylation sites (N-methyl/N-ethyl adjacent to an activating group) is 1. The van der Waals surface area contributed by atoms with Gasteiger partial charge in [0, 0.05) is 5.69 Å². The van der Waals surface area contributed by atoms with E-state index < -0.39 is 0 Å². The van der Waals surface area contributed by atoms with Gasteiger partial charge in [-0.25, -0.2) is 0 Å². The molecule has 2 N–H and O–H groups in total. The van der Waals surface area contributed by atoms with Crippen LogP contribution in [0.2, 0.25) is 0 Å². The molecule has 82 valence electrons. The minimum atomic E-state index is -0.156. The van der Waals surface area contributed by atoms with Gasteiger partial charge in [-0.3, -0.25) is 4.79 Å². The topological polar surface area (TPSA) is 41.1 Å². The van der Waals surface area contributed by atoms with Gasteiger partial charge < -0.3 is 10.6 Å². The fourth-order valence-corrected chi connectivity index (χ4v) is 1.29. The highest BCUT2D eigenvalue weighted by molar-refractivity contribution is 5.94. The molecule has 1 rings (SSSR count). The van der Waals surface area contributed by atoms with Gasteiger partial charge in [-0.05, 0) is 32.5 Å². The first-order valence-electron chi connectivity index (χ1n) is 5.24. The molecule has 15 heavy (non-hydrogen) atoms. The standard InChI is InChI=1S/C12H18N2O/c1-4-13-10(3)12(15)14-11-7-5-9(2)6-8-11/h5-8,10,13H,4H2,1-3H3,(H,14,15). The van der Waals surface area contributed by atoms with Crippen LogP contribution in [0.15, 0.2) is 24.3 Å². The Morgan fingerprint density at radius 3 is 2.47 bits per heavy atom. The van der Waals surface area contributed by atoms with Crippen LogP contribution >= 0.6 is 0 Å². The minimum Gasteiger partial charge on any atom is -0.325 e. The molecule has 0 radical (unpaired) electrons. The lowest BCUT2D eigenvalue weighted by molar-refractivity contribution is -0.117. The molecule has 0 fully saturated rings. The lowest BCUT2D eigenvalue weighted by atomic mass is 10.2. The zero-order chi connectivity index (χ0) is 11.3. The van der Waals surface area contributed by atoms with Crippen molar-refractivity contribution in [2.75, 3.05) is 11.9 Å². The fourth-order valence-electron chi connectivity index (χ4n) is 1.29. The van der Waals surface area contributed by atoms with E-state index in [4.69, 9.17) is 0 Å². The first-order valence-corrected chi connectivity index (χ1v) is 5.24. The van der Waals surface area contributed by atoms with Crippen molar-refractivity contribution >= 4 is 11.6 Å². The van der Waals surface area contributed by atoms with Crippen molar-refractivity contribution in [2.45, 2.75) is 26.8 Å². The monoisotopic (exact) mass is 206 g/mol. The summed E-state index contributed by atoms with van der Waals surface area (Å²) >= 11 is 0. The molecule has 1 atom stereocenters. The number of amides is 1. The summed E-state index contributed by atoms with van der Waals surface area (Å²) in [5, 5.41) is 5.92. The number of aryl methyl sites for hydroxylation is 1. The molecule has 1 aromatic carbocycles. The highest BCUT2D eigenvalue weighted by atomic mass is 16.2. The van der Waals surface area contributed by atoms with Gasteiger partial charge in [-0.1, -0.05) is 24.6 Å². The summed E-state index contributed by atoms with van der Waals surface area (Å²) in [6.07, 6.45) is 0. The number of hydrogen-bond donors (Lipinski definition) is 2. The fraction of sp³-hybridized carbons (Fsp3) is 0.417. The highest BCUT2D eigenvalue weighted by Gasteiger charge is 2.10. The second kappa shape index (κ2) is 5.51. The molecule has 3 nitrogen and oxygen atoms in total. The van der Waals surface area contributed by atoms with Crippen LogP contribution in [-0.4, -0.2) is 18.5 Å². The van der Waals surface area contributed by atoms with Gasteiger partial charge in [-0.15, -0.1) is 0 Å². The first-order chi connectivity index (χ1) is 7.13. The van der Waals surface area contributed by atoms with E-state index in [1.807, 2.05) is 45.0 Å². The molecule has 0 saturated carbocycles. The summed E-state index contributed by atoms with van der Waals surface area (Å²) in [6.45, 7) is 6.65. The molecular formula is C12H18N2O. The Hall–Kier alpha value is -1.35. The quantitative estimate of drug-likeness (QED) is 0.790. The average molecular weight is 206 g/mol. The Labute approximate surface area is 90.9 Å². The largest absolute Gasteiger partial charge is 0.325 e. The molecule has 3 heteroatoms. The molecule has 0 aromatic heterocycles. The van der Waals surface area contributed by atoms with Crippen molar-refractivity contribution in [1.82, 2.24) is 5.32 Å². The van der Waals surface area contributed by atoms with Crippen LogP contribution in [0.4, 0.5) is 5.69 Å². The van der Waals surface area contributed by atoms with Crippen molar-refractivity contribution in [2.24, 2.45) is 0 Å². The van der Waals surface area contributed by atoms with E-state index >= 15 is 0 Å². The summed E-state index contributed by atoms with van der Waals surface area (Å²) in [6, 6.07) is 7.62. The van der Waals surface area contributed by atoms with Crippen LogP contribution in [-0.2, 0) is 4.79 Å². The Bertz CT molecular complexity index is 319. The number of benzene rings is 1. The van der Waals surface area contributed by atoms with Gasteiger partial charge in [0.2, 0.25) is 5.91 Å². The average Bonchev–Trinajstić information content (AvgIpc) is 2.22. The van der Waals surface area contributed by atoms with Gasteiger partial charge in [0.15, 0.2) is 0 Å². The Morgan fingerprint density at radius 1 is 1.33 bits per heavy atom. The minimum absolute atomic E-state index is 0.000651.